The van der Waals surface area contributed by atoms with Crippen molar-refractivity contribution in [2.45, 2.75) is 25.7 Å². The van der Waals surface area contributed by atoms with E-state index in [1.165, 1.54) is 5.06 Å². The van der Waals surface area contributed by atoms with Crippen LogP contribution in [0, 0.1) is 0 Å². The third kappa shape index (κ3) is 3.11. The SMILES string of the molecule is O=C(CCCCBr)N1CCCO1. The highest BCUT2D eigenvalue weighted by molar-refractivity contribution is 9.09. The fraction of sp³-hybridized carbons (Fsp3) is 0.875. The highest BCUT2D eigenvalue weighted by atomic mass is 79.9. The highest BCUT2D eigenvalue weighted by Gasteiger charge is 2.17. The molecule has 70 valence electrons. The van der Waals surface area contributed by atoms with E-state index in [9.17, 15) is 4.79 Å². The Bertz CT molecular complexity index is 146. The van der Waals surface area contributed by atoms with Gasteiger partial charge in [0.15, 0.2) is 0 Å². The summed E-state index contributed by atoms with van der Waals surface area (Å²) in [5, 5.41) is 2.47. The van der Waals surface area contributed by atoms with Crippen LogP contribution in [-0.2, 0) is 9.63 Å². The van der Waals surface area contributed by atoms with Gasteiger partial charge in [-0.05, 0) is 19.3 Å². The van der Waals surface area contributed by atoms with Crippen molar-refractivity contribution in [3.8, 4) is 0 Å². The third-order valence-corrected chi connectivity index (χ3v) is 2.37. The number of unbranched alkanes of at least 4 members (excludes halogenated alkanes) is 1. The first-order chi connectivity index (χ1) is 5.84. The van der Waals surface area contributed by atoms with E-state index in [1.807, 2.05) is 0 Å². The summed E-state index contributed by atoms with van der Waals surface area (Å²) < 4.78 is 0. The maximum Gasteiger partial charge on any atom is 0.246 e. The van der Waals surface area contributed by atoms with Gasteiger partial charge < -0.3 is 0 Å². The lowest BCUT2D eigenvalue weighted by molar-refractivity contribution is -0.168. The Balaban J connectivity index is 2.10. The first-order valence-electron chi connectivity index (χ1n) is 4.34. The predicted molar refractivity (Wildman–Crippen MR) is 49.9 cm³/mol. The standard InChI is InChI=1S/C8H14BrNO2/c9-5-2-1-4-8(11)10-6-3-7-12-10/h1-7H2. The molecule has 0 atom stereocenters. The van der Waals surface area contributed by atoms with Gasteiger partial charge in [-0.2, -0.15) is 0 Å². The molecule has 0 radical (unpaired) electrons. The predicted octanol–water partition coefficient (Wildman–Crippen LogP) is 1.72. The minimum atomic E-state index is 0.133. The van der Waals surface area contributed by atoms with E-state index in [-0.39, 0.29) is 5.91 Å². The normalized spacial score (nSPS) is 16.9. The van der Waals surface area contributed by atoms with Crippen LogP contribution in [0.2, 0.25) is 0 Å². The van der Waals surface area contributed by atoms with Crippen molar-refractivity contribution in [2.24, 2.45) is 0 Å². The molecule has 3 nitrogen and oxygen atoms in total. The van der Waals surface area contributed by atoms with Crippen LogP contribution in [0.5, 0.6) is 0 Å². The largest absolute Gasteiger partial charge is 0.273 e. The van der Waals surface area contributed by atoms with Crippen LogP contribution in [0.1, 0.15) is 25.7 Å². The lowest BCUT2D eigenvalue weighted by Gasteiger charge is -2.12. The Morgan fingerprint density at radius 2 is 2.33 bits per heavy atom. The Morgan fingerprint density at radius 3 is 2.92 bits per heavy atom. The van der Waals surface area contributed by atoms with Crippen LogP contribution in [0.25, 0.3) is 0 Å². The van der Waals surface area contributed by atoms with E-state index < -0.39 is 0 Å². The quantitative estimate of drug-likeness (QED) is 0.549. The van der Waals surface area contributed by atoms with Crippen molar-refractivity contribution in [3.05, 3.63) is 0 Å². The lowest BCUT2D eigenvalue weighted by Crippen LogP contribution is -2.26. The monoisotopic (exact) mass is 235 g/mol. The first kappa shape index (κ1) is 9.99. The Labute approximate surface area is 81.1 Å². The van der Waals surface area contributed by atoms with E-state index in [0.29, 0.717) is 13.0 Å². The molecule has 0 aromatic rings. The van der Waals surface area contributed by atoms with Crippen molar-refractivity contribution >= 4 is 21.8 Å². The second kappa shape index (κ2) is 5.54. The molecule has 12 heavy (non-hydrogen) atoms. The van der Waals surface area contributed by atoms with Gasteiger partial charge in [-0.3, -0.25) is 9.63 Å². The van der Waals surface area contributed by atoms with Gasteiger partial charge in [0.1, 0.15) is 0 Å². The number of carbonyl (C=O) groups excluding carboxylic acids is 1. The summed E-state index contributed by atoms with van der Waals surface area (Å²) in [5.41, 5.74) is 0. The molecule has 0 aromatic heterocycles. The Hall–Kier alpha value is -0.0900. The first-order valence-corrected chi connectivity index (χ1v) is 5.46. The summed E-state index contributed by atoms with van der Waals surface area (Å²) in [5.74, 6) is 0.133. The summed E-state index contributed by atoms with van der Waals surface area (Å²) in [6.07, 6.45) is 3.60. The molecule has 1 aliphatic rings. The van der Waals surface area contributed by atoms with E-state index in [0.717, 1.165) is 31.1 Å². The minimum Gasteiger partial charge on any atom is -0.273 e. The molecular weight excluding hydrogens is 222 g/mol. The second-order valence-electron chi connectivity index (χ2n) is 2.83. The van der Waals surface area contributed by atoms with Crippen LogP contribution in [0.4, 0.5) is 0 Å². The lowest BCUT2D eigenvalue weighted by atomic mass is 10.2. The maximum absolute atomic E-state index is 11.3. The molecule has 1 aliphatic heterocycles. The summed E-state index contributed by atoms with van der Waals surface area (Å²) in [6.45, 7) is 1.47. The Morgan fingerprint density at radius 1 is 1.50 bits per heavy atom. The number of alkyl halides is 1. The maximum atomic E-state index is 11.3. The van der Waals surface area contributed by atoms with Gasteiger partial charge in [0.25, 0.3) is 0 Å². The van der Waals surface area contributed by atoms with Gasteiger partial charge >= 0.3 is 0 Å². The molecule has 0 bridgehead atoms. The molecule has 0 saturated carbocycles. The van der Waals surface area contributed by atoms with Gasteiger partial charge in [0, 0.05) is 11.8 Å². The Kier molecular flexibility index (Phi) is 4.61. The molecule has 0 spiro atoms. The zero-order valence-corrected chi connectivity index (χ0v) is 8.68. The number of amides is 1. The van der Waals surface area contributed by atoms with Crippen LogP contribution in [0.3, 0.4) is 0 Å². The van der Waals surface area contributed by atoms with Crippen molar-refractivity contribution < 1.29 is 9.63 Å². The molecular formula is C8H14BrNO2. The van der Waals surface area contributed by atoms with Crippen molar-refractivity contribution in [1.29, 1.82) is 0 Å². The minimum absolute atomic E-state index is 0.133. The van der Waals surface area contributed by atoms with E-state index >= 15 is 0 Å². The summed E-state index contributed by atoms with van der Waals surface area (Å²) in [4.78, 5) is 16.4. The second-order valence-corrected chi connectivity index (χ2v) is 3.62. The average Bonchev–Trinajstić information content (AvgIpc) is 2.56. The summed E-state index contributed by atoms with van der Waals surface area (Å²) >= 11 is 3.33. The molecule has 1 amide bonds. The summed E-state index contributed by atoms with van der Waals surface area (Å²) in [6, 6.07) is 0. The topological polar surface area (TPSA) is 29.5 Å². The summed E-state index contributed by atoms with van der Waals surface area (Å²) in [7, 11) is 0. The number of nitrogens with zero attached hydrogens (tertiary/aromatic N) is 1. The van der Waals surface area contributed by atoms with Gasteiger partial charge in [-0.15, -0.1) is 0 Å². The number of carbonyl (C=O) groups is 1. The van der Waals surface area contributed by atoms with Gasteiger partial charge in [-0.1, -0.05) is 15.9 Å². The van der Waals surface area contributed by atoms with E-state index in [4.69, 9.17) is 4.84 Å². The fourth-order valence-electron chi connectivity index (χ4n) is 1.14. The molecule has 1 fully saturated rings. The molecule has 0 aliphatic carbocycles. The smallest absolute Gasteiger partial charge is 0.246 e. The molecule has 1 rings (SSSR count). The molecule has 0 N–H and O–H groups in total. The highest BCUT2D eigenvalue weighted by Crippen LogP contribution is 2.08. The van der Waals surface area contributed by atoms with Gasteiger partial charge in [-0.25, -0.2) is 5.06 Å². The zero-order chi connectivity index (χ0) is 8.81. The molecule has 1 saturated heterocycles. The number of rotatable bonds is 4. The van der Waals surface area contributed by atoms with Crippen molar-refractivity contribution in [2.75, 3.05) is 18.5 Å². The number of hydroxylamine groups is 2. The molecule has 1 heterocycles. The van der Waals surface area contributed by atoms with Crippen LogP contribution >= 0.6 is 15.9 Å². The van der Waals surface area contributed by atoms with Gasteiger partial charge in [0.05, 0.1) is 13.2 Å². The molecule has 0 aromatic carbocycles. The average molecular weight is 236 g/mol. The van der Waals surface area contributed by atoms with Crippen LogP contribution < -0.4 is 0 Å². The van der Waals surface area contributed by atoms with E-state index in [2.05, 4.69) is 15.9 Å². The molecule has 4 heteroatoms. The number of halogens is 1. The zero-order valence-electron chi connectivity index (χ0n) is 7.09. The van der Waals surface area contributed by atoms with Crippen molar-refractivity contribution in [3.63, 3.8) is 0 Å². The van der Waals surface area contributed by atoms with Crippen LogP contribution in [0.15, 0.2) is 0 Å². The van der Waals surface area contributed by atoms with Crippen molar-refractivity contribution in [1.82, 2.24) is 5.06 Å². The third-order valence-electron chi connectivity index (χ3n) is 1.81. The molecule has 0 unspecified atom stereocenters. The van der Waals surface area contributed by atoms with E-state index in [1.54, 1.807) is 0 Å². The number of hydrogen-bond acceptors (Lipinski definition) is 2. The fourth-order valence-corrected chi connectivity index (χ4v) is 1.54. The van der Waals surface area contributed by atoms with Crippen LogP contribution in [-0.4, -0.2) is 29.5 Å². The number of hydrogen-bond donors (Lipinski definition) is 0. The van der Waals surface area contributed by atoms with Gasteiger partial charge in [0.2, 0.25) is 5.91 Å².